The van der Waals surface area contributed by atoms with Crippen molar-refractivity contribution >= 4 is 16.0 Å². The van der Waals surface area contributed by atoms with Crippen LogP contribution in [0.3, 0.4) is 0 Å². The highest BCUT2D eigenvalue weighted by Gasteiger charge is 2.24. The van der Waals surface area contributed by atoms with Crippen molar-refractivity contribution in [3.05, 3.63) is 48.6 Å². The molecule has 7 heteroatoms. The van der Waals surface area contributed by atoms with E-state index in [0.717, 1.165) is 57.8 Å². The standard InChI is InChI=1S/C37H67NO5S/c1-3-5-7-9-11-13-15-17-18-19-21-22-24-26-28-30-32-36(39)35(34-44(41,42)43)38-37(40)33-31-29-27-25-23-20-16-14-12-10-8-6-4-2/h8,10,14,16,22,24,30,32,35-36,39H,3-7,9,11-13,15,17-21,23,25-29,31,33-34H2,1-2H3,(H,38,40)(H,41,42,43)/b10-8-,16-14-,24-22+,32-30+. The van der Waals surface area contributed by atoms with Crippen LogP contribution in [-0.2, 0) is 14.9 Å². The molecule has 44 heavy (non-hydrogen) atoms. The van der Waals surface area contributed by atoms with Crippen LogP contribution in [-0.4, -0.2) is 41.9 Å². The van der Waals surface area contributed by atoms with Gasteiger partial charge in [0.2, 0.25) is 5.91 Å². The van der Waals surface area contributed by atoms with Crippen molar-refractivity contribution in [2.75, 3.05) is 5.75 Å². The van der Waals surface area contributed by atoms with Gasteiger partial charge in [-0.05, 0) is 57.8 Å². The number of aliphatic hydroxyl groups is 1. The average molecular weight is 638 g/mol. The first-order chi connectivity index (χ1) is 21.3. The van der Waals surface area contributed by atoms with Crippen LogP contribution >= 0.6 is 0 Å². The summed E-state index contributed by atoms with van der Waals surface area (Å²) in [5.41, 5.74) is 0. The molecule has 6 nitrogen and oxygen atoms in total. The molecule has 0 aliphatic carbocycles. The summed E-state index contributed by atoms with van der Waals surface area (Å²) in [6, 6.07) is -1.08. The van der Waals surface area contributed by atoms with Gasteiger partial charge in [0.25, 0.3) is 10.1 Å². The van der Waals surface area contributed by atoms with E-state index in [0.29, 0.717) is 12.8 Å². The third-order valence-corrected chi connectivity index (χ3v) is 8.49. The number of hydrogen-bond donors (Lipinski definition) is 3. The Morgan fingerprint density at radius 2 is 1.09 bits per heavy atom. The van der Waals surface area contributed by atoms with Gasteiger partial charge in [0.15, 0.2) is 0 Å². The maximum absolute atomic E-state index is 12.4. The average Bonchev–Trinajstić information content (AvgIpc) is 2.98. The van der Waals surface area contributed by atoms with Crippen LogP contribution in [0, 0.1) is 0 Å². The molecule has 2 atom stereocenters. The number of unbranched alkanes of at least 4 members (excludes halogenated alkanes) is 17. The molecule has 0 radical (unpaired) electrons. The van der Waals surface area contributed by atoms with E-state index in [1.54, 1.807) is 6.08 Å². The summed E-state index contributed by atoms with van der Waals surface area (Å²) in [5, 5.41) is 13.1. The van der Waals surface area contributed by atoms with Crippen molar-refractivity contribution < 1.29 is 22.9 Å². The zero-order chi connectivity index (χ0) is 32.6. The van der Waals surface area contributed by atoms with Gasteiger partial charge in [0.05, 0.1) is 17.9 Å². The summed E-state index contributed by atoms with van der Waals surface area (Å²) in [6.45, 7) is 4.43. The van der Waals surface area contributed by atoms with Gasteiger partial charge < -0.3 is 10.4 Å². The van der Waals surface area contributed by atoms with Crippen molar-refractivity contribution in [1.29, 1.82) is 0 Å². The molecule has 0 aliphatic heterocycles. The molecule has 256 valence electrons. The first kappa shape index (κ1) is 42.3. The predicted molar refractivity (Wildman–Crippen MR) is 188 cm³/mol. The van der Waals surface area contributed by atoms with Gasteiger partial charge in [0, 0.05) is 6.42 Å². The highest BCUT2D eigenvalue weighted by Crippen LogP contribution is 2.12. The van der Waals surface area contributed by atoms with Crippen LogP contribution in [0.15, 0.2) is 48.6 Å². The predicted octanol–water partition coefficient (Wildman–Crippen LogP) is 9.96. The molecule has 0 aliphatic rings. The Bertz CT molecular complexity index is 878. The molecule has 0 aromatic heterocycles. The van der Waals surface area contributed by atoms with Gasteiger partial charge in [-0.25, -0.2) is 0 Å². The number of nitrogens with one attached hydrogen (secondary N) is 1. The van der Waals surface area contributed by atoms with Crippen LogP contribution in [0.5, 0.6) is 0 Å². The lowest BCUT2D eigenvalue weighted by Gasteiger charge is -2.21. The lowest BCUT2D eigenvalue weighted by Crippen LogP contribution is -2.46. The highest BCUT2D eigenvalue weighted by atomic mass is 32.2. The lowest BCUT2D eigenvalue weighted by molar-refractivity contribution is -0.122. The Labute approximate surface area is 271 Å². The lowest BCUT2D eigenvalue weighted by atomic mass is 10.1. The zero-order valence-corrected chi connectivity index (χ0v) is 29.1. The second-order valence-corrected chi connectivity index (χ2v) is 13.6. The van der Waals surface area contributed by atoms with Crippen LogP contribution < -0.4 is 5.32 Å². The number of allylic oxidation sites excluding steroid dienone is 7. The van der Waals surface area contributed by atoms with Crippen molar-refractivity contribution in [1.82, 2.24) is 5.32 Å². The molecular formula is C37H67NO5S. The van der Waals surface area contributed by atoms with E-state index < -0.39 is 28.0 Å². The molecule has 0 aromatic carbocycles. The topological polar surface area (TPSA) is 104 Å². The third-order valence-electron chi connectivity index (χ3n) is 7.71. The SMILES string of the molecule is CCC/C=C\C/C=C\CCCCCCCC(=O)NC(CS(=O)(=O)O)C(O)/C=C/CC/C=C/CCCCCCCCCCCC. The Hall–Kier alpha value is -1.70. The van der Waals surface area contributed by atoms with Gasteiger partial charge >= 0.3 is 0 Å². The number of aliphatic hydroxyl groups excluding tert-OH is 1. The van der Waals surface area contributed by atoms with E-state index in [-0.39, 0.29) is 12.3 Å². The molecule has 0 bridgehead atoms. The largest absolute Gasteiger partial charge is 0.387 e. The van der Waals surface area contributed by atoms with E-state index in [9.17, 15) is 22.9 Å². The maximum Gasteiger partial charge on any atom is 0.267 e. The fourth-order valence-corrected chi connectivity index (χ4v) is 5.76. The van der Waals surface area contributed by atoms with Crippen LogP contribution in [0.4, 0.5) is 0 Å². The summed E-state index contributed by atoms with van der Waals surface area (Å²) >= 11 is 0. The molecule has 0 saturated carbocycles. The molecule has 3 N–H and O–H groups in total. The van der Waals surface area contributed by atoms with E-state index in [2.05, 4.69) is 55.6 Å². The second kappa shape index (κ2) is 31.3. The Kier molecular flexibility index (Phi) is 30.1. The normalized spacial score (nSPS) is 14.0. The quantitative estimate of drug-likeness (QED) is 0.0399. The molecule has 0 spiro atoms. The van der Waals surface area contributed by atoms with Crippen LogP contribution in [0.2, 0.25) is 0 Å². The van der Waals surface area contributed by atoms with Crippen molar-refractivity contribution in [3.8, 4) is 0 Å². The summed E-state index contributed by atoms with van der Waals surface area (Å²) in [4.78, 5) is 12.4. The van der Waals surface area contributed by atoms with Crippen LogP contribution in [0.1, 0.15) is 162 Å². The number of carbonyl (C=O) groups excluding carboxylic acids is 1. The number of amides is 1. The third kappa shape index (κ3) is 31.7. The smallest absolute Gasteiger partial charge is 0.267 e. The number of carbonyl (C=O) groups is 1. The van der Waals surface area contributed by atoms with Gasteiger partial charge in [-0.3, -0.25) is 9.35 Å². The molecule has 0 aromatic rings. The van der Waals surface area contributed by atoms with Crippen molar-refractivity contribution in [2.45, 2.75) is 174 Å². The van der Waals surface area contributed by atoms with Gasteiger partial charge in [-0.2, -0.15) is 8.42 Å². The van der Waals surface area contributed by atoms with Crippen LogP contribution in [0.25, 0.3) is 0 Å². The molecular weight excluding hydrogens is 570 g/mol. The van der Waals surface area contributed by atoms with E-state index in [4.69, 9.17) is 0 Å². The molecule has 2 unspecified atom stereocenters. The first-order valence-corrected chi connectivity index (χ1v) is 19.4. The monoisotopic (exact) mass is 637 g/mol. The van der Waals surface area contributed by atoms with E-state index >= 15 is 0 Å². The Morgan fingerprint density at radius 3 is 1.66 bits per heavy atom. The highest BCUT2D eigenvalue weighted by molar-refractivity contribution is 7.85. The molecule has 0 rings (SSSR count). The number of hydrogen-bond acceptors (Lipinski definition) is 4. The first-order valence-electron chi connectivity index (χ1n) is 17.8. The van der Waals surface area contributed by atoms with E-state index in [1.165, 1.54) is 76.7 Å². The molecule has 0 heterocycles. The summed E-state index contributed by atoms with van der Waals surface area (Å²) in [5.74, 6) is -1.02. The summed E-state index contributed by atoms with van der Waals surface area (Å²) in [6.07, 6.45) is 40.9. The molecule has 0 saturated heterocycles. The van der Waals surface area contributed by atoms with Gasteiger partial charge in [0.1, 0.15) is 0 Å². The minimum atomic E-state index is -4.35. The summed E-state index contributed by atoms with van der Waals surface area (Å²) in [7, 11) is -4.35. The molecule has 0 fully saturated rings. The fraction of sp³-hybridized carbons (Fsp3) is 0.757. The minimum Gasteiger partial charge on any atom is -0.387 e. The van der Waals surface area contributed by atoms with Gasteiger partial charge in [-0.1, -0.05) is 146 Å². The fourth-order valence-electron chi connectivity index (χ4n) is 5.03. The van der Waals surface area contributed by atoms with E-state index in [1.807, 2.05) is 0 Å². The summed E-state index contributed by atoms with van der Waals surface area (Å²) < 4.78 is 32.3. The Morgan fingerprint density at radius 1 is 0.614 bits per heavy atom. The van der Waals surface area contributed by atoms with Gasteiger partial charge in [-0.15, -0.1) is 0 Å². The minimum absolute atomic E-state index is 0.270. The number of rotatable bonds is 31. The Balaban J connectivity index is 4.09. The maximum atomic E-state index is 12.4. The van der Waals surface area contributed by atoms with Crippen molar-refractivity contribution in [3.63, 3.8) is 0 Å². The zero-order valence-electron chi connectivity index (χ0n) is 28.3. The second-order valence-electron chi connectivity index (χ2n) is 12.1. The molecule has 1 amide bonds. The van der Waals surface area contributed by atoms with Crippen molar-refractivity contribution in [2.24, 2.45) is 0 Å².